The first-order chi connectivity index (χ1) is 11.6. The molecule has 122 valence electrons. The summed E-state index contributed by atoms with van der Waals surface area (Å²) in [6.07, 6.45) is 2.38. The highest BCUT2D eigenvalue weighted by Gasteiger charge is 2.17. The Balaban J connectivity index is 1.68. The highest BCUT2D eigenvalue weighted by Crippen LogP contribution is 2.25. The number of hydrogen-bond acceptors (Lipinski definition) is 3. The number of carbonyl (C=O) groups is 1. The molecular formula is C19H17FN2O2. The number of benzene rings is 1. The van der Waals surface area contributed by atoms with Crippen molar-refractivity contribution >= 4 is 5.91 Å². The lowest BCUT2D eigenvalue weighted by Crippen LogP contribution is -2.28. The van der Waals surface area contributed by atoms with Crippen molar-refractivity contribution < 1.29 is 13.6 Å². The molecule has 0 radical (unpaired) electrons. The van der Waals surface area contributed by atoms with Crippen LogP contribution in [0, 0.1) is 5.82 Å². The first-order valence-corrected chi connectivity index (χ1v) is 7.65. The molecule has 1 aromatic carbocycles. The van der Waals surface area contributed by atoms with Crippen molar-refractivity contribution in [3.63, 3.8) is 0 Å². The third kappa shape index (κ3) is 3.51. The quantitative estimate of drug-likeness (QED) is 0.717. The monoisotopic (exact) mass is 324 g/mol. The molecule has 1 amide bonds. The zero-order valence-corrected chi connectivity index (χ0v) is 13.3. The molecule has 0 saturated heterocycles. The predicted molar refractivity (Wildman–Crippen MR) is 89.0 cm³/mol. The zero-order chi connectivity index (χ0) is 16.9. The van der Waals surface area contributed by atoms with Crippen LogP contribution in [-0.4, -0.2) is 29.4 Å². The van der Waals surface area contributed by atoms with Gasteiger partial charge in [0.15, 0.2) is 5.76 Å². The Kier molecular flexibility index (Phi) is 4.70. The van der Waals surface area contributed by atoms with E-state index >= 15 is 0 Å². The molecule has 0 aliphatic rings. The number of carbonyl (C=O) groups excluding carboxylic acids is 1. The molecular weight excluding hydrogens is 307 g/mol. The fourth-order valence-corrected chi connectivity index (χ4v) is 2.38. The first kappa shape index (κ1) is 15.9. The van der Waals surface area contributed by atoms with E-state index in [1.54, 1.807) is 48.5 Å². The Morgan fingerprint density at radius 2 is 1.92 bits per heavy atom. The van der Waals surface area contributed by atoms with Crippen LogP contribution in [0.15, 0.2) is 65.2 Å². The van der Waals surface area contributed by atoms with E-state index in [9.17, 15) is 9.18 Å². The second kappa shape index (κ2) is 7.08. The number of aromatic nitrogens is 1. The van der Waals surface area contributed by atoms with Crippen LogP contribution in [0.3, 0.4) is 0 Å². The first-order valence-electron chi connectivity index (χ1n) is 7.65. The van der Waals surface area contributed by atoms with E-state index in [-0.39, 0.29) is 17.5 Å². The zero-order valence-electron chi connectivity index (χ0n) is 13.3. The topological polar surface area (TPSA) is 46.3 Å². The van der Waals surface area contributed by atoms with E-state index < -0.39 is 0 Å². The second-order valence-electron chi connectivity index (χ2n) is 5.44. The molecule has 0 aliphatic heterocycles. The maximum atomic E-state index is 13.8. The lowest BCUT2D eigenvalue weighted by atomic mass is 10.1. The molecule has 0 N–H and O–H groups in total. The maximum Gasteiger partial charge on any atom is 0.289 e. The molecule has 0 spiro atoms. The van der Waals surface area contributed by atoms with Crippen LogP contribution < -0.4 is 0 Å². The molecule has 2 heterocycles. The van der Waals surface area contributed by atoms with Crippen molar-refractivity contribution in [2.75, 3.05) is 13.6 Å². The number of amides is 1. The van der Waals surface area contributed by atoms with E-state index in [0.29, 0.717) is 24.3 Å². The van der Waals surface area contributed by atoms with Gasteiger partial charge in [0.25, 0.3) is 5.91 Å². The fraction of sp³-hybridized carbons (Fsp3) is 0.158. The average molecular weight is 324 g/mol. The van der Waals surface area contributed by atoms with Crippen LogP contribution in [0.2, 0.25) is 0 Å². The molecule has 0 unspecified atom stereocenters. The average Bonchev–Trinajstić information content (AvgIpc) is 3.10. The Hall–Kier alpha value is -2.95. The number of furan rings is 1. The molecule has 2 aromatic heterocycles. The Morgan fingerprint density at radius 3 is 2.67 bits per heavy atom. The van der Waals surface area contributed by atoms with Crippen molar-refractivity contribution in [1.29, 1.82) is 0 Å². The SMILES string of the molecule is CN(CCc1ccccn1)C(=O)c1ccc(-c2ccccc2F)o1. The third-order valence-electron chi connectivity index (χ3n) is 3.73. The summed E-state index contributed by atoms with van der Waals surface area (Å²) in [5.41, 5.74) is 1.26. The number of hydrogen-bond donors (Lipinski definition) is 0. The highest BCUT2D eigenvalue weighted by atomic mass is 19.1. The van der Waals surface area contributed by atoms with Crippen LogP contribution in [0.5, 0.6) is 0 Å². The summed E-state index contributed by atoms with van der Waals surface area (Å²) in [6, 6.07) is 15.2. The molecule has 3 rings (SSSR count). The minimum Gasteiger partial charge on any atom is -0.451 e. The van der Waals surface area contributed by atoms with Gasteiger partial charge in [-0.15, -0.1) is 0 Å². The van der Waals surface area contributed by atoms with Gasteiger partial charge in [-0.25, -0.2) is 4.39 Å². The van der Waals surface area contributed by atoms with E-state index in [1.165, 1.54) is 6.07 Å². The number of rotatable bonds is 5. The van der Waals surface area contributed by atoms with Gasteiger partial charge >= 0.3 is 0 Å². The molecule has 0 bridgehead atoms. The van der Waals surface area contributed by atoms with Crippen LogP contribution in [-0.2, 0) is 6.42 Å². The predicted octanol–water partition coefficient (Wildman–Crippen LogP) is 3.80. The molecule has 0 fully saturated rings. The summed E-state index contributed by atoms with van der Waals surface area (Å²) in [4.78, 5) is 18.2. The maximum absolute atomic E-state index is 13.8. The summed E-state index contributed by atoms with van der Waals surface area (Å²) in [5, 5.41) is 0. The lowest BCUT2D eigenvalue weighted by molar-refractivity contribution is 0.0766. The highest BCUT2D eigenvalue weighted by molar-refractivity contribution is 5.92. The van der Waals surface area contributed by atoms with E-state index in [2.05, 4.69) is 4.98 Å². The van der Waals surface area contributed by atoms with Gasteiger partial charge in [-0.05, 0) is 36.4 Å². The summed E-state index contributed by atoms with van der Waals surface area (Å²) >= 11 is 0. The summed E-state index contributed by atoms with van der Waals surface area (Å²) in [6.45, 7) is 0.519. The Morgan fingerprint density at radius 1 is 1.12 bits per heavy atom. The standard InChI is InChI=1S/C19H17FN2O2/c1-22(13-11-14-6-4-5-12-21-14)19(23)18-10-9-17(24-18)15-7-2-3-8-16(15)20/h2-10,12H,11,13H2,1H3. The van der Waals surface area contributed by atoms with Crippen molar-refractivity contribution in [2.24, 2.45) is 0 Å². The van der Waals surface area contributed by atoms with Gasteiger partial charge in [0, 0.05) is 31.9 Å². The summed E-state index contributed by atoms with van der Waals surface area (Å²) < 4.78 is 19.3. The second-order valence-corrected chi connectivity index (χ2v) is 5.44. The molecule has 0 saturated carbocycles. The molecule has 5 heteroatoms. The molecule has 24 heavy (non-hydrogen) atoms. The van der Waals surface area contributed by atoms with Crippen LogP contribution in [0.25, 0.3) is 11.3 Å². The van der Waals surface area contributed by atoms with Crippen LogP contribution >= 0.6 is 0 Å². The third-order valence-corrected chi connectivity index (χ3v) is 3.73. The molecule has 0 aliphatic carbocycles. The minimum absolute atomic E-state index is 0.191. The van der Waals surface area contributed by atoms with E-state index in [1.807, 2.05) is 18.2 Å². The number of nitrogens with zero attached hydrogens (tertiary/aromatic N) is 2. The van der Waals surface area contributed by atoms with Gasteiger partial charge in [-0.2, -0.15) is 0 Å². The van der Waals surface area contributed by atoms with Gasteiger partial charge in [0.1, 0.15) is 11.6 Å². The Labute approximate surface area is 139 Å². The van der Waals surface area contributed by atoms with Gasteiger partial charge in [-0.3, -0.25) is 9.78 Å². The lowest BCUT2D eigenvalue weighted by Gasteiger charge is -2.15. The van der Waals surface area contributed by atoms with Gasteiger partial charge in [0.2, 0.25) is 0 Å². The smallest absolute Gasteiger partial charge is 0.289 e. The largest absolute Gasteiger partial charge is 0.451 e. The van der Waals surface area contributed by atoms with Gasteiger partial charge in [0.05, 0.1) is 5.56 Å². The normalized spacial score (nSPS) is 10.6. The van der Waals surface area contributed by atoms with Gasteiger partial charge in [-0.1, -0.05) is 18.2 Å². The Bertz CT molecular complexity index is 830. The minimum atomic E-state index is -0.380. The van der Waals surface area contributed by atoms with Crippen molar-refractivity contribution in [1.82, 2.24) is 9.88 Å². The van der Waals surface area contributed by atoms with Gasteiger partial charge < -0.3 is 9.32 Å². The summed E-state index contributed by atoms with van der Waals surface area (Å²) in [7, 11) is 1.70. The van der Waals surface area contributed by atoms with Crippen molar-refractivity contribution in [2.45, 2.75) is 6.42 Å². The number of likely N-dealkylation sites (N-methyl/N-ethyl adjacent to an activating group) is 1. The van der Waals surface area contributed by atoms with Crippen LogP contribution in [0.1, 0.15) is 16.2 Å². The molecule has 4 nitrogen and oxygen atoms in total. The van der Waals surface area contributed by atoms with E-state index in [0.717, 1.165) is 5.69 Å². The fourth-order valence-electron chi connectivity index (χ4n) is 2.38. The van der Waals surface area contributed by atoms with Crippen molar-refractivity contribution in [3.8, 4) is 11.3 Å². The number of halogens is 1. The summed E-state index contributed by atoms with van der Waals surface area (Å²) in [5.74, 6) is -0.0887. The molecule has 0 atom stereocenters. The molecule has 3 aromatic rings. The van der Waals surface area contributed by atoms with Crippen LogP contribution in [0.4, 0.5) is 4.39 Å². The van der Waals surface area contributed by atoms with Crippen molar-refractivity contribution in [3.05, 3.63) is 78.1 Å². The van der Waals surface area contributed by atoms with E-state index in [4.69, 9.17) is 4.42 Å². The number of pyridine rings is 1.